The highest BCUT2D eigenvalue weighted by molar-refractivity contribution is 6.01. The summed E-state index contributed by atoms with van der Waals surface area (Å²) in [5.74, 6) is 0. The van der Waals surface area contributed by atoms with Gasteiger partial charge in [-0.3, -0.25) is 9.97 Å². The Hall–Kier alpha value is -5.03. The smallest absolute Gasteiger partial charge is 0.0802 e. The zero-order valence-electron chi connectivity index (χ0n) is 20.3. The van der Waals surface area contributed by atoms with Crippen LogP contribution in [-0.4, -0.2) is 19.7 Å². The van der Waals surface area contributed by atoms with Crippen LogP contribution < -0.4 is 4.90 Å². The molecule has 3 aromatic carbocycles. The molecule has 7 rings (SSSR count). The van der Waals surface area contributed by atoms with Crippen LogP contribution in [0.2, 0.25) is 0 Å². The van der Waals surface area contributed by atoms with Gasteiger partial charge in [-0.1, -0.05) is 48.5 Å². The third-order valence-electron chi connectivity index (χ3n) is 6.76. The molecule has 0 aliphatic carbocycles. The van der Waals surface area contributed by atoms with Crippen LogP contribution in [-0.2, 0) is 0 Å². The molecule has 0 bridgehead atoms. The van der Waals surface area contributed by atoms with Crippen LogP contribution >= 0.6 is 0 Å². The fourth-order valence-corrected chi connectivity index (χ4v) is 5.08. The van der Waals surface area contributed by atoms with Gasteiger partial charge >= 0.3 is 0 Å². The van der Waals surface area contributed by atoms with Crippen molar-refractivity contribution in [1.29, 1.82) is 0 Å². The molecule has 5 heteroatoms. The number of benzene rings is 3. The lowest BCUT2D eigenvalue weighted by Crippen LogP contribution is -2.12. The van der Waals surface area contributed by atoms with Crippen LogP contribution in [0.4, 0.5) is 17.1 Å². The summed E-state index contributed by atoms with van der Waals surface area (Å²) in [6, 6.07) is 33.7. The van der Waals surface area contributed by atoms with E-state index >= 15 is 0 Å². The van der Waals surface area contributed by atoms with E-state index in [1.54, 1.807) is 0 Å². The van der Waals surface area contributed by atoms with E-state index in [1.807, 2.05) is 53.7 Å². The highest BCUT2D eigenvalue weighted by Crippen LogP contribution is 2.50. The Morgan fingerprint density at radius 3 is 2.35 bits per heavy atom. The van der Waals surface area contributed by atoms with Gasteiger partial charge in [0.25, 0.3) is 0 Å². The van der Waals surface area contributed by atoms with Gasteiger partial charge in [0, 0.05) is 46.5 Å². The first-order valence-electron chi connectivity index (χ1n) is 12.3. The number of pyridine rings is 2. The predicted molar refractivity (Wildman–Crippen MR) is 148 cm³/mol. The maximum atomic E-state index is 4.84. The second-order valence-corrected chi connectivity index (χ2v) is 9.18. The van der Waals surface area contributed by atoms with Crippen LogP contribution in [0, 0.1) is 6.92 Å². The van der Waals surface area contributed by atoms with E-state index in [1.165, 1.54) is 0 Å². The molecule has 37 heavy (non-hydrogen) atoms. The number of hydrogen-bond acceptors (Lipinski definition) is 4. The molecule has 0 spiro atoms. The van der Waals surface area contributed by atoms with Crippen molar-refractivity contribution in [3.05, 3.63) is 127 Å². The van der Waals surface area contributed by atoms with E-state index in [4.69, 9.17) is 4.98 Å². The zero-order chi connectivity index (χ0) is 24.8. The van der Waals surface area contributed by atoms with Gasteiger partial charge in [0.15, 0.2) is 0 Å². The Morgan fingerprint density at radius 1 is 0.622 bits per heavy atom. The first-order chi connectivity index (χ1) is 18.3. The van der Waals surface area contributed by atoms with Crippen molar-refractivity contribution in [2.45, 2.75) is 6.92 Å². The molecule has 0 saturated carbocycles. The molecule has 3 aromatic heterocycles. The first kappa shape index (κ1) is 21.3. The summed E-state index contributed by atoms with van der Waals surface area (Å²) in [4.78, 5) is 11.8. The van der Waals surface area contributed by atoms with Crippen molar-refractivity contribution in [1.82, 2.24) is 19.7 Å². The first-order valence-corrected chi connectivity index (χ1v) is 12.3. The molecule has 1 aliphatic rings. The Kier molecular flexibility index (Phi) is 4.93. The highest BCUT2D eigenvalue weighted by atomic mass is 15.3. The number of para-hydroxylation sites is 1. The molecule has 0 unspecified atom stereocenters. The average Bonchev–Trinajstić information content (AvgIpc) is 3.35. The molecule has 0 N–H and O–H groups in total. The SMILES string of the molecule is Cc1cnn(-c2ccc3c(c2)N(c2cccc(-c4ccccn4)c2)c2ccccc2-c2ncccc2-3)c1. The minimum absolute atomic E-state index is 0.943. The lowest BCUT2D eigenvalue weighted by atomic mass is 9.99. The van der Waals surface area contributed by atoms with E-state index in [0.29, 0.717) is 0 Å². The molecule has 0 saturated heterocycles. The van der Waals surface area contributed by atoms with Crippen molar-refractivity contribution in [2.24, 2.45) is 0 Å². The minimum Gasteiger partial charge on any atom is -0.309 e. The molecule has 5 nitrogen and oxygen atoms in total. The summed E-state index contributed by atoms with van der Waals surface area (Å²) >= 11 is 0. The summed E-state index contributed by atoms with van der Waals surface area (Å²) in [7, 11) is 0. The molecule has 6 aromatic rings. The molecule has 0 fully saturated rings. The van der Waals surface area contributed by atoms with Gasteiger partial charge in [-0.15, -0.1) is 0 Å². The van der Waals surface area contributed by atoms with Gasteiger partial charge in [-0.05, 0) is 61.0 Å². The van der Waals surface area contributed by atoms with E-state index in [9.17, 15) is 0 Å². The fraction of sp³-hybridized carbons (Fsp3) is 0.0312. The maximum Gasteiger partial charge on any atom is 0.0802 e. The van der Waals surface area contributed by atoms with Crippen molar-refractivity contribution in [2.75, 3.05) is 4.90 Å². The molecule has 0 amide bonds. The molecule has 1 aliphatic heterocycles. The van der Waals surface area contributed by atoms with Crippen LogP contribution in [0.1, 0.15) is 5.56 Å². The number of anilines is 3. The van der Waals surface area contributed by atoms with E-state index < -0.39 is 0 Å². The second kappa shape index (κ2) is 8.57. The summed E-state index contributed by atoms with van der Waals surface area (Å²) in [5.41, 5.74) is 11.6. The van der Waals surface area contributed by atoms with Crippen molar-refractivity contribution in [3.8, 4) is 39.3 Å². The average molecular weight is 478 g/mol. The van der Waals surface area contributed by atoms with Gasteiger partial charge in [-0.2, -0.15) is 5.10 Å². The van der Waals surface area contributed by atoms with Crippen LogP contribution in [0.15, 0.2) is 122 Å². The Balaban J connectivity index is 1.52. The van der Waals surface area contributed by atoms with Gasteiger partial charge in [0.1, 0.15) is 0 Å². The van der Waals surface area contributed by atoms with E-state index in [0.717, 1.165) is 62.0 Å². The standard InChI is InChI=1S/C32H23N5/c1-22-20-35-36(21-22)24-14-15-26-27-11-7-17-34-32(27)28-10-2-3-13-30(28)37(31(26)19-24)25-9-6-8-23(18-25)29-12-4-5-16-33-29/h2-21H,1H3. The van der Waals surface area contributed by atoms with E-state index in [-0.39, 0.29) is 0 Å². The number of rotatable bonds is 3. The van der Waals surface area contributed by atoms with Crippen molar-refractivity contribution < 1.29 is 0 Å². The quantitative estimate of drug-likeness (QED) is 0.261. The Bertz CT molecular complexity index is 1750. The molecule has 0 atom stereocenters. The molecular formula is C32H23N5. The van der Waals surface area contributed by atoms with Gasteiger partial charge < -0.3 is 4.90 Å². The number of hydrogen-bond donors (Lipinski definition) is 0. The van der Waals surface area contributed by atoms with Crippen molar-refractivity contribution >= 4 is 17.1 Å². The van der Waals surface area contributed by atoms with E-state index in [2.05, 4.69) is 94.7 Å². The van der Waals surface area contributed by atoms with Crippen LogP contribution in [0.5, 0.6) is 0 Å². The minimum atomic E-state index is 0.943. The largest absolute Gasteiger partial charge is 0.309 e. The monoisotopic (exact) mass is 477 g/mol. The number of aryl methyl sites for hydroxylation is 1. The summed E-state index contributed by atoms with van der Waals surface area (Å²) in [6.45, 7) is 2.06. The number of aromatic nitrogens is 4. The normalized spacial score (nSPS) is 11.9. The third kappa shape index (κ3) is 3.60. The lowest BCUT2D eigenvalue weighted by Gasteiger charge is -2.28. The van der Waals surface area contributed by atoms with Crippen molar-refractivity contribution in [3.63, 3.8) is 0 Å². The molecule has 176 valence electrons. The predicted octanol–water partition coefficient (Wildman–Crippen LogP) is 7.75. The lowest BCUT2D eigenvalue weighted by molar-refractivity contribution is 0.880. The zero-order valence-corrected chi connectivity index (χ0v) is 20.3. The molecule has 4 heterocycles. The third-order valence-corrected chi connectivity index (χ3v) is 6.76. The summed E-state index contributed by atoms with van der Waals surface area (Å²) in [6.07, 6.45) is 7.63. The molecule has 0 radical (unpaired) electrons. The van der Waals surface area contributed by atoms with Gasteiger partial charge in [0.2, 0.25) is 0 Å². The Labute approximate surface area is 215 Å². The van der Waals surface area contributed by atoms with Crippen LogP contribution in [0.25, 0.3) is 39.3 Å². The van der Waals surface area contributed by atoms with Crippen LogP contribution in [0.3, 0.4) is 0 Å². The number of fused-ring (bicyclic) bond motifs is 5. The maximum absolute atomic E-state index is 4.84. The topological polar surface area (TPSA) is 46.8 Å². The Morgan fingerprint density at radius 2 is 1.49 bits per heavy atom. The summed E-state index contributed by atoms with van der Waals surface area (Å²) < 4.78 is 1.93. The molecular weight excluding hydrogens is 454 g/mol. The van der Waals surface area contributed by atoms with Gasteiger partial charge in [0.05, 0.1) is 34.6 Å². The number of nitrogens with zero attached hydrogens (tertiary/aromatic N) is 5. The highest BCUT2D eigenvalue weighted by Gasteiger charge is 2.27. The summed E-state index contributed by atoms with van der Waals surface area (Å²) in [5, 5.41) is 4.58. The second-order valence-electron chi connectivity index (χ2n) is 9.18. The van der Waals surface area contributed by atoms with Gasteiger partial charge in [-0.25, -0.2) is 4.68 Å². The fourth-order valence-electron chi connectivity index (χ4n) is 5.08.